The molecule has 0 radical (unpaired) electrons. The molecule has 0 heterocycles. The standard InChI is InChI=1S/C15H14BrClFNO/c1-9(10-3-6-15(20-2)12(16)7-10)19-14-5-4-11(18)8-13(14)17/h3-9,19H,1-2H3. The molecule has 0 aliphatic rings. The van der Waals surface area contributed by atoms with Gasteiger partial charge in [0.15, 0.2) is 0 Å². The highest BCUT2D eigenvalue weighted by Gasteiger charge is 2.10. The summed E-state index contributed by atoms with van der Waals surface area (Å²) in [4.78, 5) is 0. The maximum Gasteiger partial charge on any atom is 0.133 e. The third-order valence-electron chi connectivity index (χ3n) is 2.98. The summed E-state index contributed by atoms with van der Waals surface area (Å²) in [6.07, 6.45) is 0. The van der Waals surface area contributed by atoms with Gasteiger partial charge in [0.1, 0.15) is 11.6 Å². The minimum atomic E-state index is -0.347. The van der Waals surface area contributed by atoms with Crippen LogP contribution in [0, 0.1) is 5.82 Å². The first kappa shape index (κ1) is 15.1. The Kier molecular flexibility index (Phi) is 4.89. The van der Waals surface area contributed by atoms with E-state index in [1.54, 1.807) is 13.2 Å². The molecule has 0 aliphatic carbocycles. The van der Waals surface area contributed by atoms with Crippen molar-refractivity contribution in [2.45, 2.75) is 13.0 Å². The van der Waals surface area contributed by atoms with Crippen LogP contribution in [0.5, 0.6) is 5.75 Å². The van der Waals surface area contributed by atoms with Crippen LogP contribution in [-0.4, -0.2) is 7.11 Å². The lowest BCUT2D eigenvalue weighted by atomic mass is 10.1. The molecule has 2 nitrogen and oxygen atoms in total. The average Bonchev–Trinajstić information content (AvgIpc) is 2.41. The van der Waals surface area contributed by atoms with E-state index in [4.69, 9.17) is 16.3 Å². The Bertz CT molecular complexity index is 621. The number of methoxy groups -OCH3 is 1. The van der Waals surface area contributed by atoms with Gasteiger partial charge in [-0.1, -0.05) is 17.7 Å². The smallest absolute Gasteiger partial charge is 0.133 e. The van der Waals surface area contributed by atoms with Gasteiger partial charge in [-0.3, -0.25) is 0 Å². The first-order valence-electron chi connectivity index (χ1n) is 6.06. The number of rotatable bonds is 4. The van der Waals surface area contributed by atoms with Crippen molar-refractivity contribution >= 4 is 33.2 Å². The Labute approximate surface area is 131 Å². The molecule has 2 aromatic rings. The maximum atomic E-state index is 13.0. The van der Waals surface area contributed by atoms with E-state index in [0.717, 1.165) is 15.8 Å². The van der Waals surface area contributed by atoms with Crippen LogP contribution in [0.4, 0.5) is 10.1 Å². The van der Waals surface area contributed by atoms with Gasteiger partial charge >= 0.3 is 0 Å². The zero-order chi connectivity index (χ0) is 14.7. The highest BCUT2D eigenvalue weighted by atomic mass is 79.9. The monoisotopic (exact) mass is 357 g/mol. The second-order valence-corrected chi connectivity index (χ2v) is 5.65. The number of halogens is 3. The lowest BCUT2D eigenvalue weighted by Gasteiger charge is -2.17. The predicted octanol–water partition coefficient (Wildman–Crippen LogP) is 5.42. The fraction of sp³-hybridized carbons (Fsp3) is 0.200. The zero-order valence-corrected chi connectivity index (χ0v) is 13.4. The van der Waals surface area contributed by atoms with Crippen LogP contribution in [0.1, 0.15) is 18.5 Å². The lowest BCUT2D eigenvalue weighted by molar-refractivity contribution is 0.412. The van der Waals surface area contributed by atoms with Crippen molar-refractivity contribution in [3.63, 3.8) is 0 Å². The van der Waals surface area contributed by atoms with Gasteiger partial charge in [0.2, 0.25) is 0 Å². The van der Waals surface area contributed by atoms with Crippen molar-refractivity contribution < 1.29 is 9.13 Å². The van der Waals surface area contributed by atoms with Crippen molar-refractivity contribution in [3.8, 4) is 5.75 Å². The topological polar surface area (TPSA) is 21.3 Å². The molecule has 2 aromatic carbocycles. The van der Waals surface area contributed by atoms with E-state index >= 15 is 0 Å². The van der Waals surface area contributed by atoms with E-state index in [1.165, 1.54) is 12.1 Å². The van der Waals surface area contributed by atoms with Crippen molar-refractivity contribution in [1.29, 1.82) is 0 Å². The summed E-state index contributed by atoms with van der Waals surface area (Å²) in [6.45, 7) is 2.01. The number of nitrogens with one attached hydrogen (secondary N) is 1. The predicted molar refractivity (Wildman–Crippen MR) is 84.1 cm³/mol. The summed E-state index contributed by atoms with van der Waals surface area (Å²) in [6, 6.07) is 10.2. The lowest BCUT2D eigenvalue weighted by Crippen LogP contribution is -2.07. The second kappa shape index (κ2) is 6.46. The van der Waals surface area contributed by atoms with Crippen molar-refractivity contribution in [3.05, 3.63) is 57.3 Å². The summed E-state index contributed by atoms with van der Waals surface area (Å²) in [5.41, 5.74) is 1.77. The van der Waals surface area contributed by atoms with Gasteiger partial charge in [0, 0.05) is 6.04 Å². The average molecular weight is 359 g/mol. The molecule has 106 valence electrons. The molecule has 1 unspecified atom stereocenters. The first-order chi connectivity index (χ1) is 9.51. The second-order valence-electron chi connectivity index (χ2n) is 4.38. The van der Waals surface area contributed by atoms with Gasteiger partial charge in [-0.2, -0.15) is 0 Å². The molecule has 0 saturated heterocycles. The Hall–Kier alpha value is -1.26. The Morgan fingerprint density at radius 1 is 1.25 bits per heavy atom. The molecule has 2 rings (SSSR count). The molecule has 1 atom stereocenters. The molecular formula is C15H14BrClFNO. The maximum absolute atomic E-state index is 13.0. The van der Waals surface area contributed by atoms with Gasteiger partial charge in [-0.15, -0.1) is 0 Å². The van der Waals surface area contributed by atoms with E-state index < -0.39 is 0 Å². The Morgan fingerprint density at radius 2 is 2.00 bits per heavy atom. The number of anilines is 1. The van der Waals surface area contributed by atoms with Gasteiger partial charge < -0.3 is 10.1 Å². The molecule has 0 saturated carbocycles. The summed E-state index contributed by atoms with van der Waals surface area (Å²) in [5, 5.41) is 3.62. The largest absolute Gasteiger partial charge is 0.496 e. The molecule has 0 spiro atoms. The van der Waals surface area contributed by atoms with Crippen molar-refractivity contribution in [2.24, 2.45) is 0 Å². The molecule has 5 heteroatoms. The SMILES string of the molecule is COc1ccc(C(C)Nc2ccc(F)cc2Cl)cc1Br. The van der Waals surface area contributed by atoms with Crippen LogP contribution in [-0.2, 0) is 0 Å². The van der Waals surface area contributed by atoms with Crippen molar-refractivity contribution in [1.82, 2.24) is 0 Å². The Balaban J connectivity index is 2.19. The van der Waals surface area contributed by atoms with E-state index in [2.05, 4.69) is 21.2 Å². The normalized spacial score (nSPS) is 12.1. The van der Waals surface area contributed by atoms with E-state index in [1.807, 2.05) is 25.1 Å². The highest BCUT2D eigenvalue weighted by Crippen LogP contribution is 2.31. The third kappa shape index (κ3) is 3.44. The molecule has 0 amide bonds. The van der Waals surface area contributed by atoms with Gasteiger partial charge in [-0.25, -0.2) is 4.39 Å². The first-order valence-corrected chi connectivity index (χ1v) is 7.23. The fourth-order valence-electron chi connectivity index (χ4n) is 1.88. The molecular weight excluding hydrogens is 345 g/mol. The summed E-state index contributed by atoms with van der Waals surface area (Å²) < 4.78 is 19.1. The number of hydrogen-bond acceptors (Lipinski definition) is 2. The van der Waals surface area contributed by atoms with Crippen LogP contribution in [0.15, 0.2) is 40.9 Å². The van der Waals surface area contributed by atoms with Crippen LogP contribution < -0.4 is 10.1 Å². The molecule has 20 heavy (non-hydrogen) atoms. The number of hydrogen-bond donors (Lipinski definition) is 1. The highest BCUT2D eigenvalue weighted by molar-refractivity contribution is 9.10. The quantitative estimate of drug-likeness (QED) is 0.787. The third-order valence-corrected chi connectivity index (χ3v) is 3.91. The van der Waals surface area contributed by atoms with Crippen molar-refractivity contribution in [2.75, 3.05) is 12.4 Å². The molecule has 0 aliphatic heterocycles. The van der Waals surface area contributed by atoms with Gasteiger partial charge in [-0.05, 0) is 58.7 Å². The minimum absolute atomic E-state index is 0.0279. The van der Waals surface area contributed by atoms with Gasteiger partial charge in [0.25, 0.3) is 0 Å². The van der Waals surface area contributed by atoms with E-state index in [0.29, 0.717) is 10.7 Å². The van der Waals surface area contributed by atoms with Crippen LogP contribution >= 0.6 is 27.5 Å². The zero-order valence-electron chi connectivity index (χ0n) is 11.1. The molecule has 0 aromatic heterocycles. The number of benzene rings is 2. The Morgan fingerprint density at radius 3 is 2.60 bits per heavy atom. The van der Waals surface area contributed by atoms with Gasteiger partial charge in [0.05, 0.1) is 22.3 Å². The van der Waals surface area contributed by atoms with E-state index in [-0.39, 0.29) is 11.9 Å². The van der Waals surface area contributed by atoms with Crippen LogP contribution in [0.25, 0.3) is 0 Å². The van der Waals surface area contributed by atoms with E-state index in [9.17, 15) is 4.39 Å². The summed E-state index contributed by atoms with van der Waals surface area (Å²) in [5.74, 6) is 0.432. The van der Waals surface area contributed by atoms with Crippen LogP contribution in [0.3, 0.4) is 0 Å². The van der Waals surface area contributed by atoms with Crippen LogP contribution in [0.2, 0.25) is 5.02 Å². The summed E-state index contributed by atoms with van der Waals surface area (Å²) in [7, 11) is 1.62. The molecule has 0 fully saturated rings. The molecule has 1 N–H and O–H groups in total. The fourth-order valence-corrected chi connectivity index (χ4v) is 2.66. The minimum Gasteiger partial charge on any atom is -0.496 e. The number of ether oxygens (including phenoxy) is 1. The summed E-state index contributed by atoms with van der Waals surface area (Å²) >= 11 is 9.46. The molecule has 0 bridgehead atoms.